The Hall–Kier alpha value is -9.75. The van der Waals surface area contributed by atoms with Gasteiger partial charge >= 0.3 is 0 Å². The van der Waals surface area contributed by atoms with Gasteiger partial charge in [-0.25, -0.2) is 15.0 Å². The summed E-state index contributed by atoms with van der Waals surface area (Å²) in [6.45, 7) is 0. The number of hydrogen-bond donors (Lipinski definition) is 0. The molecule has 0 aliphatic heterocycles. The lowest BCUT2D eigenvalue weighted by Gasteiger charge is -2.32. The molecule has 5 nitrogen and oxygen atoms in total. The number of benzene rings is 11. The van der Waals surface area contributed by atoms with Crippen LogP contribution in [-0.4, -0.2) is 15.0 Å². The van der Waals surface area contributed by atoms with Crippen LogP contribution in [0.4, 0.5) is 0 Å². The number of rotatable bonds is 5. The van der Waals surface area contributed by atoms with Crippen LogP contribution in [0.3, 0.4) is 0 Å². The van der Waals surface area contributed by atoms with Gasteiger partial charge in [0.2, 0.25) is 0 Å². The first-order chi connectivity index (χ1) is 37.7. The van der Waals surface area contributed by atoms with Crippen LogP contribution in [0.1, 0.15) is 22.3 Å². The summed E-state index contributed by atoms with van der Waals surface area (Å²) in [5.41, 5.74) is 20.6. The highest BCUT2D eigenvalue weighted by Crippen LogP contribution is 2.64. The van der Waals surface area contributed by atoms with E-state index >= 15 is 0 Å². The van der Waals surface area contributed by atoms with Crippen LogP contribution >= 0.6 is 11.3 Å². The molecule has 2 aliphatic rings. The maximum Gasteiger partial charge on any atom is 0.164 e. The molecular formula is C70H39N3O2S. The summed E-state index contributed by atoms with van der Waals surface area (Å²) in [4.78, 5) is 16.0. The zero-order valence-electron chi connectivity index (χ0n) is 40.6. The van der Waals surface area contributed by atoms with E-state index in [9.17, 15) is 0 Å². The molecule has 6 heteroatoms. The monoisotopic (exact) mass is 985 g/mol. The average molecular weight is 986 g/mol. The highest BCUT2D eigenvalue weighted by atomic mass is 32.1. The van der Waals surface area contributed by atoms with Gasteiger partial charge in [0.25, 0.3) is 0 Å². The first-order valence-electron chi connectivity index (χ1n) is 25.7. The zero-order valence-corrected chi connectivity index (χ0v) is 41.4. The molecule has 1 spiro atoms. The van der Waals surface area contributed by atoms with Crippen molar-refractivity contribution in [3.05, 3.63) is 259 Å². The maximum absolute atomic E-state index is 6.67. The van der Waals surface area contributed by atoms with Crippen LogP contribution in [0, 0.1) is 0 Å². The molecule has 17 rings (SSSR count). The van der Waals surface area contributed by atoms with E-state index in [0.717, 1.165) is 71.7 Å². The van der Waals surface area contributed by atoms with Gasteiger partial charge in [-0.05, 0) is 121 Å². The van der Waals surface area contributed by atoms with Gasteiger partial charge in [-0.3, -0.25) is 0 Å². The number of fused-ring (bicyclic) bond motifs is 19. The van der Waals surface area contributed by atoms with E-state index < -0.39 is 5.41 Å². The minimum Gasteiger partial charge on any atom is -0.456 e. The van der Waals surface area contributed by atoms with Crippen molar-refractivity contribution in [3.63, 3.8) is 0 Å². The van der Waals surface area contributed by atoms with E-state index in [2.05, 4.69) is 194 Å². The van der Waals surface area contributed by atoms with Gasteiger partial charge in [0.1, 0.15) is 22.3 Å². The Morgan fingerprint density at radius 2 is 0.750 bits per heavy atom. The third kappa shape index (κ3) is 5.76. The summed E-state index contributed by atoms with van der Waals surface area (Å²) in [7, 11) is 0. The van der Waals surface area contributed by atoms with Crippen molar-refractivity contribution in [3.8, 4) is 78.7 Å². The first-order valence-corrected chi connectivity index (χ1v) is 26.5. The van der Waals surface area contributed by atoms with Gasteiger partial charge in [0, 0.05) is 58.4 Å². The predicted molar refractivity (Wildman–Crippen MR) is 311 cm³/mol. The quantitative estimate of drug-likeness (QED) is 0.172. The molecule has 0 atom stereocenters. The fourth-order valence-electron chi connectivity index (χ4n) is 13.0. The molecule has 0 fully saturated rings. The standard InChI is InChI=1S/C70H39N3O2S/c1-6-23-55-45(14-1)46-15-2-7-24-56(46)70(55)57-25-8-3-16-47(57)49-20-11-19-44(66(49)70)41-32-30-40(31-33-41)42-34-36-59-54(38-42)65-52(22-13-28-61(65)75-59)69-72-67(43-35-37-63-53(39-43)48-17-5-10-29-62(48)76-63)71-68(73-69)51-21-12-27-60-64(51)50-18-4-9-26-58(50)74-60/h1-39H. The molecule has 0 saturated carbocycles. The first kappa shape index (κ1) is 41.7. The van der Waals surface area contributed by atoms with Crippen molar-refractivity contribution >= 4 is 75.4 Å². The molecule has 11 aromatic carbocycles. The fourth-order valence-corrected chi connectivity index (χ4v) is 14.1. The highest BCUT2D eigenvalue weighted by molar-refractivity contribution is 7.25. The fraction of sp³-hybridized carbons (Fsp3) is 0.0143. The van der Waals surface area contributed by atoms with Crippen molar-refractivity contribution in [1.29, 1.82) is 0 Å². The SMILES string of the molecule is c1ccc2c(c1)-c1ccccc1C21c2ccccc2-c2cccc(-c3ccc(-c4ccc5oc6cccc(-c7nc(-c8ccc9sc%10ccccc%10c9c8)nc(-c8cccc9oc%10ccccc%10c89)n7)c6c5c4)cc3)c21. The van der Waals surface area contributed by atoms with Crippen molar-refractivity contribution in [1.82, 2.24) is 15.0 Å². The minimum absolute atomic E-state index is 0.438. The number of hydrogen-bond acceptors (Lipinski definition) is 6. The second-order valence-corrected chi connectivity index (χ2v) is 21.2. The van der Waals surface area contributed by atoms with Crippen molar-refractivity contribution in [2.75, 3.05) is 0 Å². The Morgan fingerprint density at radius 1 is 0.289 bits per heavy atom. The third-order valence-electron chi connectivity index (χ3n) is 16.2. The second-order valence-electron chi connectivity index (χ2n) is 20.1. The van der Waals surface area contributed by atoms with E-state index in [-0.39, 0.29) is 0 Å². The molecule has 352 valence electrons. The minimum atomic E-state index is -0.438. The Morgan fingerprint density at radius 3 is 1.46 bits per heavy atom. The second kappa shape index (κ2) is 15.6. The smallest absolute Gasteiger partial charge is 0.164 e. The van der Waals surface area contributed by atoms with E-state index in [0.29, 0.717) is 17.5 Å². The molecule has 0 unspecified atom stereocenters. The number of thiophene rings is 1. The van der Waals surface area contributed by atoms with Crippen LogP contribution in [-0.2, 0) is 5.41 Å². The molecule has 0 saturated heterocycles. The topological polar surface area (TPSA) is 65.0 Å². The van der Waals surface area contributed by atoms with Gasteiger partial charge in [0.15, 0.2) is 17.5 Å². The van der Waals surface area contributed by atoms with Gasteiger partial charge in [-0.2, -0.15) is 0 Å². The summed E-state index contributed by atoms with van der Waals surface area (Å²) in [6, 6.07) is 85.1. The molecule has 76 heavy (non-hydrogen) atoms. The van der Waals surface area contributed by atoms with E-state index in [1.807, 2.05) is 42.5 Å². The van der Waals surface area contributed by atoms with Gasteiger partial charge in [-0.1, -0.05) is 182 Å². The number of para-hydroxylation sites is 1. The molecule has 15 aromatic rings. The lowest BCUT2D eigenvalue weighted by molar-refractivity contribution is 0.668. The molecule has 0 amide bonds. The summed E-state index contributed by atoms with van der Waals surface area (Å²) < 4.78 is 15.5. The number of aromatic nitrogens is 3. The summed E-state index contributed by atoms with van der Waals surface area (Å²) >= 11 is 1.80. The number of nitrogens with zero attached hydrogens (tertiary/aromatic N) is 3. The van der Waals surface area contributed by atoms with E-state index in [1.165, 1.54) is 75.8 Å². The third-order valence-corrected chi connectivity index (χ3v) is 17.3. The van der Waals surface area contributed by atoms with Crippen LogP contribution in [0.15, 0.2) is 245 Å². The van der Waals surface area contributed by atoms with E-state index in [4.69, 9.17) is 23.8 Å². The van der Waals surface area contributed by atoms with Crippen molar-refractivity contribution in [2.24, 2.45) is 0 Å². The van der Waals surface area contributed by atoms with Crippen LogP contribution in [0.25, 0.3) is 143 Å². The Bertz CT molecular complexity index is 4900. The molecular weight excluding hydrogens is 947 g/mol. The predicted octanol–water partition coefficient (Wildman–Crippen LogP) is 18.7. The van der Waals surface area contributed by atoms with Gasteiger partial charge in [-0.15, -0.1) is 11.3 Å². The normalized spacial score (nSPS) is 13.1. The molecule has 2 aliphatic carbocycles. The van der Waals surface area contributed by atoms with Crippen molar-refractivity contribution in [2.45, 2.75) is 5.41 Å². The van der Waals surface area contributed by atoms with E-state index in [1.54, 1.807) is 11.3 Å². The molecule has 0 bridgehead atoms. The lowest BCUT2D eigenvalue weighted by atomic mass is 9.68. The van der Waals surface area contributed by atoms with Crippen LogP contribution in [0.5, 0.6) is 0 Å². The molecule has 0 N–H and O–H groups in total. The Kier molecular flexibility index (Phi) is 8.58. The Balaban J connectivity index is 0.818. The summed E-state index contributed by atoms with van der Waals surface area (Å²) in [5.74, 6) is 1.72. The molecule has 0 radical (unpaired) electrons. The Labute approximate surface area is 439 Å². The van der Waals surface area contributed by atoms with Crippen LogP contribution in [0.2, 0.25) is 0 Å². The molecule has 4 heterocycles. The molecule has 4 aromatic heterocycles. The highest BCUT2D eigenvalue weighted by Gasteiger charge is 2.52. The number of furan rings is 2. The van der Waals surface area contributed by atoms with Gasteiger partial charge < -0.3 is 8.83 Å². The van der Waals surface area contributed by atoms with Crippen LogP contribution < -0.4 is 0 Å². The zero-order chi connectivity index (χ0) is 49.6. The lowest BCUT2D eigenvalue weighted by Crippen LogP contribution is -2.26. The largest absolute Gasteiger partial charge is 0.456 e. The van der Waals surface area contributed by atoms with Gasteiger partial charge in [0.05, 0.1) is 5.41 Å². The summed E-state index contributed by atoms with van der Waals surface area (Å²) in [5, 5.41) is 6.33. The van der Waals surface area contributed by atoms with Crippen molar-refractivity contribution < 1.29 is 8.83 Å². The maximum atomic E-state index is 6.67. The summed E-state index contributed by atoms with van der Waals surface area (Å²) in [6.07, 6.45) is 0. The average Bonchev–Trinajstić information content (AvgIpc) is 4.46.